The Morgan fingerprint density at radius 3 is 2.94 bits per heavy atom. The van der Waals surface area contributed by atoms with Crippen LogP contribution in [0.2, 0.25) is 0 Å². The van der Waals surface area contributed by atoms with Crippen molar-refractivity contribution in [3.63, 3.8) is 0 Å². The molecule has 0 aliphatic carbocycles. The van der Waals surface area contributed by atoms with Crippen molar-refractivity contribution < 1.29 is 4.74 Å². The molecule has 0 spiro atoms. The van der Waals surface area contributed by atoms with Gasteiger partial charge in [0.15, 0.2) is 0 Å². The number of nitrogens with zero attached hydrogens (tertiary/aromatic N) is 1. The predicted molar refractivity (Wildman–Crippen MR) is 66.3 cm³/mol. The van der Waals surface area contributed by atoms with Crippen LogP contribution in [0.15, 0.2) is 30.5 Å². The standard InChI is InChI=1S/C13H18N2O/c1-2-16-10-15-8-6-12-9-11(5-7-14)3-4-13(12)15/h3-4,6,8-9H,2,5,7,10,14H2,1H3. The normalized spacial score (nSPS) is 11.1. The Kier molecular flexibility index (Phi) is 3.59. The van der Waals surface area contributed by atoms with Crippen molar-refractivity contribution in [1.82, 2.24) is 4.57 Å². The molecule has 1 aromatic heterocycles. The first kappa shape index (κ1) is 11.2. The van der Waals surface area contributed by atoms with Gasteiger partial charge in [0.1, 0.15) is 6.73 Å². The number of nitrogens with two attached hydrogens (primary N) is 1. The largest absolute Gasteiger partial charge is 0.361 e. The van der Waals surface area contributed by atoms with Gasteiger partial charge in [-0.15, -0.1) is 0 Å². The number of rotatable bonds is 5. The maximum absolute atomic E-state index is 5.55. The summed E-state index contributed by atoms with van der Waals surface area (Å²) in [6.45, 7) is 4.07. The molecular weight excluding hydrogens is 200 g/mol. The number of benzene rings is 1. The Morgan fingerprint density at radius 1 is 1.31 bits per heavy atom. The highest BCUT2D eigenvalue weighted by Gasteiger charge is 2.01. The van der Waals surface area contributed by atoms with Crippen LogP contribution in [0.4, 0.5) is 0 Å². The molecule has 0 bridgehead atoms. The summed E-state index contributed by atoms with van der Waals surface area (Å²) in [6, 6.07) is 8.59. The summed E-state index contributed by atoms with van der Waals surface area (Å²) in [5.74, 6) is 0. The molecule has 0 unspecified atom stereocenters. The van der Waals surface area contributed by atoms with E-state index in [0.717, 1.165) is 13.0 Å². The Hall–Kier alpha value is -1.32. The van der Waals surface area contributed by atoms with Gasteiger partial charge in [0, 0.05) is 18.3 Å². The second-order valence-corrected chi connectivity index (χ2v) is 3.84. The number of hydrogen-bond donors (Lipinski definition) is 1. The van der Waals surface area contributed by atoms with Crippen LogP contribution in [-0.2, 0) is 17.9 Å². The van der Waals surface area contributed by atoms with E-state index in [9.17, 15) is 0 Å². The molecule has 0 amide bonds. The SMILES string of the molecule is CCOCn1ccc2cc(CCN)ccc21. The molecular formula is C13H18N2O. The molecule has 0 fully saturated rings. The molecule has 86 valence electrons. The van der Waals surface area contributed by atoms with Crippen LogP contribution in [-0.4, -0.2) is 17.7 Å². The van der Waals surface area contributed by atoms with Crippen molar-refractivity contribution in [2.45, 2.75) is 20.1 Å². The third kappa shape index (κ3) is 2.26. The van der Waals surface area contributed by atoms with Gasteiger partial charge in [-0.05, 0) is 49.0 Å². The highest BCUT2D eigenvalue weighted by atomic mass is 16.5. The molecule has 0 saturated carbocycles. The molecule has 0 atom stereocenters. The quantitative estimate of drug-likeness (QED) is 0.835. The fourth-order valence-corrected chi connectivity index (χ4v) is 1.87. The fourth-order valence-electron chi connectivity index (χ4n) is 1.87. The van der Waals surface area contributed by atoms with Crippen molar-refractivity contribution in [2.75, 3.05) is 13.2 Å². The summed E-state index contributed by atoms with van der Waals surface area (Å²) < 4.78 is 7.52. The molecule has 16 heavy (non-hydrogen) atoms. The maximum Gasteiger partial charge on any atom is 0.122 e. The first-order valence-electron chi connectivity index (χ1n) is 5.70. The number of ether oxygens (including phenoxy) is 1. The van der Waals surface area contributed by atoms with E-state index in [1.54, 1.807) is 0 Å². The van der Waals surface area contributed by atoms with Crippen LogP contribution in [0, 0.1) is 0 Å². The average Bonchev–Trinajstić information content (AvgIpc) is 2.69. The van der Waals surface area contributed by atoms with E-state index >= 15 is 0 Å². The van der Waals surface area contributed by atoms with Gasteiger partial charge < -0.3 is 15.0 Å². The van der Waals surface area contributed by atoms with E-state index in [-0.39, 0.29) is 0 Å². The minimum Gasteiger partial charge on any atom is -0.361 e. The highest BCUT2D eigenvalue weighted by Crippen LogP contribution is 2.18. The zero-order chi connectivity index (χ0) is 11.4. The zero-order valence-corrected chi connectivity index (χ0v) is 9.65. The topological polar surface area (TPSA) is 40.2 Å². The fraction of sp³-hybridized carbons (Fsp3) is 0.385. The lowest BCUT2D eigenvalue weighted by molar-refractivity contribution is 0.0909. The van der Waals surface area contributed by atoms with Crippen LogP contribution >= 0.6 is 0 Å². The summed E-state index contributed by atoms with van der Waals surface area (Å²) in [5, 5.41) is 1.26. The smallest absolute Gasteiger partial charge is 0.122 e. The molecule has 3 heteroatoms. The Labute approximate surface area is 95.8 Å². The van der Waals surface area contributed by atoms with Gasteiger partial charge >= 0.3 is 0 Å². The summed E-state index contributed by atoms with van der Waals surface area (Å²) in [6.07, 6.45) is 3.00. The molecule has 2 rings (SSSR count). The number of fused-ring (bicyclic) bond motifs is 1. The lowest BCUT2D eigenvalue weighted by atomic mass is 10.1. The summed E-state index contributed by atoms with van der Waals surface area (Å²) >= 11 is 0. The highest BCUT2D eigenvalue weighted by molar-refractivity contribution is 5.80. The lowest BCUT2D eigenvalue weighted by Gasteiger charge is -2.05. The summed E-state index contributed by atoms with van der Waals surface area (Å²) in [5.41, 5.74) is 8.06. The predicted octanol–water partition coefficient (Wildman–Crippen LogP) is 2.14. The Balaban J connectivity index is 2.27. The van der Waals surface area contributed by atoms with E-state index in [2.05, 4.69) is 35.0 Å². The van der Waals surface area contributed by atoms with Gasteiger partial charge in [-0.2, -0.15) is 0 Å². The maximum atomic E-state index is 5.55. The summed E-state index contributed by atoms with van der Waals surface area (Å²) in [7, 11) is 0. The van der Waals surface area contributed by atoms with E-state index < -0.39 is 0 Å². The van der Waals surface area contributed by atoms with Crippen LogP contribution in [0.25, 0.3) is 10.9 Å². The Bertz CT molecular complexity index is 462. The van der Waals surface area contributed by atoms with Crippen molar-refractivity contribution in [2.24, 2.45) is 5.73 Å². The molecule has 1 aromatic carbocycles. The van der Waals surface area contributed by atoms with Crippen molar-refractivity contribution in [3.8, 4) is 0 Å². The summed E-state index contributed by atoms with van der Waals surface area (Å²) in [4.78, 5) is 0. The van der Waals surface area contributed by atoms with Gasteiger partial charge in [0.05, 0.1) is 0 Å². The van der Waals surface area contributed by atoms with Gasteiger partial charge in [-0.25, -0.2) is 0 Å². The minimum absolute atomic E-state index is 0.621. The van der Waals surface area contributed by atoms with E-state index in [0.29, 0.717) is 13.3 Å². The minimum atomic E-state index is 0.621. The van der Waals surface area contributed by atoms with Crippen LogP contribution in [0.3, 0.4) is 0 Å². The van der Waals surface area contributed by atoms with E-state index in [1.807, 2.05) is 6.92 Å². The van der Waals surface area contributed by atoms with E-state index in [1.165, 1.54) is 16.5 Å². The Morgan fingerprint density at radius 2 is 2.19 bits per heavy atom. The third-order valence-corrected chi connectivity index (χ3v) is 2.70. The van der Waals surface area contributed by atoms with Crippen molar-refractivity contribution in [3.05, 3.63) is 36.0 Å². The second-order valence-electron chi connectivity index (χ2n) is 3.84. The molecule has 1 heterocycles. The zero-order valence-electron chi connectivity index (χ0n) is 9.65. The van der Waals surface area contributed by atoms with Crippen LogP contribution in [0.1, 0.15) is 12.5 Å². The molecule has 3 nitrogen and oxygen atoms in total. The average molecular weight is 218 g/mol. The number of aromatic nitrogens is 1. The van der Waals surface area contributed by atoms with Crippen molar-refractivity contribution >= 4 is 10.9 Å². The second kappa shape index (κ2) is 5.14. The van der Waals surface area contributed by atoms with Crippen LogP contribution < -0.4 is 5.73 Å². The first-order chi connectivity index (χ1) is 7.85. The lowest BCUT2D eigenvalue weighted by Crippen LogP contribution is -2.03. The monoisotopic (exact) mass is 218 g/mol. The molecule has 2 N–H and O–H groups in total. The van der Waals surface area contributed by atoms with Gasteiger partial charge in [-0.3, -0.25) is 0 Å². The van der Waals surface area contributed by atoms with Crippen molar-refractivity contribution in [1.29, 1.82) is 0 Å². The number of hydrogen-bond acceptors (Lipinski definition) is 2. The van der Waals surface area contributed by atoms with Crippen LogP contribution in [0.5, 0.6) is 0 Å². The molecule has 2 aromatic rings. The first-order valence-corrected chi connectivity index (χ1v) is 5.70. The molecule has 0 saturated heterocycles. The molecule has 0 aliphatic rings. The molecule has 0 radical (unpaired) electrons. The van der Waals surface area contributed by atoms with Gasteiger partial charge in [0.2, 0.25) is 0 Å². The van der Waals surface area contributed by atoms with Gasteiger partial charge in [0.25, 0.3) is 0 Å². The third-order valence-electron chi connectivity index (χ3n) is 2.70. The molecule has 0 aliphatic heterocycles. The van der Waals surface area contributed by atoms with E-state index in [4.69, 9.17) is 10.5 Å². The van der Waals surface area contributed by atoms with Gasteiger partial charge in [-0.1, -0.05) is 6.07 Å².